The number of nitrogens with zero attached hydrogens (tertiary/aromatic N) is 4. The number of non-ortho nitro benzene ring substituents is 1. The summed E-state index contributed by atoms with van der Waals surface area (Å²) in [6, 6.07) is 4.44. The van der Waals surface area contributed by atoms with Crippen molar-refractivity contribution in [1.29, 1.82) is 0 Å². The van der Waals surface area contributed by atoms with Gasteiger partial charge in [0.2, 0.25) is 0 Å². The van der Waals surface area contributed by atoms with Crippen molar-refractivity contribution in [2.45, 2.75) is 6.92 Å². The number of hydrogen-bond donors (Lipinski definition) is 1. The predicted molar refractivity (Wildman–Crippen MR) is 84.4 cm³/mol. The zero-order chi connectivity index (χ0) is 15.9. The SMILES string of the molecule is Cc1nn(C)cc1C=C(Cl)c1nc2ccc([N+](=O)[O-])cc2[nH]1. The normalized spacial score (nSPS) is 12.0. The van der Waals surface area contributed by atoms with E-state index in [0.717, 1.165) is 11.3 Å². The van der Waals surface area contributed by atoms with Crippen LogP contribution in [0.25, 0.3) is 22.1 Å². The lowest BCUT2D eigenvalue weighted by Crippen LogP contribution is -1.86. The van der Waals surface area contributed by atoms with E-state index in [-0.39, 0.29) is 5.69 Å². The van der Waals surface area contributed by atoms with Gasteiger partial charge in [0.15, 0.2) is 0 Å². The van der Waals surface area contributed by atoms with Crippen LogP contribution in [-0.4, -0.2) is 24.7 Å². The average molecular weight is 318 g/mol. The van der Waals surface area contributed by atoms with Gasteiger partial charge in [0.1, 0.15) is 5.82 Å². The van der Waals surface area contributed by atoms with Crippen molar-refractivity contribution in [1.82, 2.24) is 19.7 Å². The second-order valence-electron chi connectivity index (χ2n) is 4.88. The summed E-state index contributed by atoms with van der Waals surface area (Å²) in [6.45, 7) is 1.89. The van der Waals surface area contributed by atoms with Gasteiger partial charge >= 0.3 is 0 Å². The molecule has 0 aliphatic carbocycles. The molecule has 1 aromatic carbocycles. The summed E-state index contributed by atoms with van der Waals surface area (Å²) in [5.41, 5.74) is 2.94. The Hall–Kier alpha value is -2.67. The smallest absolute Gasteiger partial charge is 0.271 e. The van der Waals surface area contributed by atoms with Gasteiger partial charge in [-0.2, -0.15) is 5.10 Å². The molecule has 0 atom stereocenters. The molecule has 0 aliphatic rings. The van der Waals surface area contributed by atoms with Crippen LogP contribution in [-0.2, 0) is 7.05 Å². The van der Waals surface area contributed by atoms with Crippen molar-refractivity contribution in [3.05, 3.63) is 51.6 Å². The van der Waals surface area contributed by atoms with E-state index in [1.54, 1.807) is 16.8 Å². The Bertz CT molecular complexity index is 909. The van der Waals surface area contributed by atoms with Crippen LogP contribution >= 0.6 is 11.6 Å². The zero-order valence-electron chi connectivity index (χ0n) is 11.9. The molecule has 0 spiro atoms. The number of imidazole rings is 1. The number of aryl methyl sites for hydroxylation is 2. The molecule has 0 fully saturated rings. The Labute approximate surface area is 130 Å². The van der Waals surface area contributed by atoms with Gasteiger partial charge in [0.05, 0.1) is 26.7 Å². The van der Waals surface area contributed by atoms with E-state index in [2.05, 4.69) is 15.1 Å². The van der Waals surface area contributed by atoms with Gasteiger partial charge in [-0.05, 0) is 19.1 Å². The first-order chi connectivity index (χ1) is 10.4. The minimum atomic E-state index is -0.448. The minimum absolute atomic E-state index is 0.00547. The van der Waals surface area contributed by atoms with Crippen LogP contribution in [0.2, 0.25) is 0 Å². The molecule has 1 N–H and O–H groups in total. The third-order valence-electron chi connectivity index (χ3n) is 3.24. The van der Waals surface area contributed by atoms with E-state index in [1.807, 2.05) is 20.2 Å². The molecule has 0 saturated carbocycles. The first kappa shape index (κ1) is 14.3. The van der Waals surface area contributed by atoms with E-state index >= 15 is 0 Å². The first-order valence-electron chi connectivity index (χ1n) is 6.46. The van der Waals surface area contributed by atoms with Crippen LogP contribution < -0.4 is 0 Å². The summed E-state index contributed by atoms with van der Waals surface area (Å²) in [5, 5.41) is 15.4. The van der Waals surface area contributed by atoms with E-state index < -0.39 is 4.92 Å². The van der Waals surface area contributed by atoms with Gasteiger partial charge in [0.25, 0.3) is 5.69 Å². The van der Waals surface area contributed by atoms with Crippen molar-refractivity contribution in [3.8, 4) is 0 Å². The quantitative estimate of drug-likeness (QED) is 0.593. The van der Waals surface area contributed by atoms with Crippen molar-refractivity contribution in [2.24, 2.45) is 7.05 Å². The lowest BCUT2D eigenvalue weighted by molar-refractivity contribution is -0.384. The van der Waals surface area contributed by atoms with E-state index in [0.29, 0.717) is 21.9 Å². The number of aromatic nitrogens is 4. The maximum atomic E-state index is 10.8. The Morgan fingerprint density at radius 1 is 1.50 bits per heavy atom. The second kappa shape index (κ2) is 5.27. The molecule has 0 radical (unpaired) electrons. The molecule has 3 aromatic rings. The molecular formula is C14H12ClN5O2. The van der Waals surface area contributed by atoms with Crippen molar-refractivity contribution < 1.29 is 4.92 Å². The number of H-pyrrole nitrogens is 1. The molecule has 0 aliphatic heterocycles. The zero-order valence-corrected chi connectivity index (χ0v) is 12.6. The molecule has 112 valence electrons. The summed E-state index contributed by atoms with van der Waals surface area (Å²) < 4.78 is 1.70. The Balaban J connectivity index is 2.02. The second-order valence-corrected chi connectivity index (χ2v) is 5.29. The standard InChI is InChI=1S/C14H12ClN5O2/c1-8-9(7-19(2)18-8)5-11(15)14-16-12-4-3-10(20(21)22)6-13(12)17-14/h3-7H,1-2H3,(H,16,17). The maximum absolute atomic E-state index is 10.8. The predicted octanol–water partition coefficient (Wildman–Crippen LogP) is 3.25. The van der Waals surface area contributed by atoms with E-state index in [4.69, 9.17) is 11.6 Å². The largest absolute Gasteiger partial charge is 0.337 e. The highest BCUT2D eigenvalue weighted by Crippen LogP contribution is 2.25. The number of rotatable bonds is 3. The number of nitro benzene ring substituents is 1. The molecular weight excluding hydrogens is 306 g/mol. The van der Waals surface area contributed by atoms with E-state index in [1.165, 1.54) is 12.1 Å². The van der Waals surface area contributed by atoms with Crippen LogP contribution in [0.1, 0.15) is 17.1 Å². The average Bonchev–Trinajstić information content (AvgIpc) is 3.01. The minimum Gasteiger partial charge on any atom is -0.337 e. The van der Waals surface area contributed by atoms with Gasteiger partial charge in [-0.25, -0.2) is 4.98 Å². The van der Waals surface area contributed by atoms with Gasteiger partial charge in [-0.1, -0.05) is 11.6 Å². The van der Waals surface area contributed by atoms with Crippen molar-refractivity contribution in [3.63, 3.8) is 0 Å². The number of nitro groups is 1. The number of benzene rings is 1. The van der Waals surface area contributed by atoms with Crippen molar-refractivity contribution >= 4 is 39.4 Å². The lowest BCUT2D eigenvalue weighted by atomic mass is 10.2. The summed E-state index contributed by atoms with van der Waals surface area (Å²) in [7, 11) is 1.83. The topological polar surface area (TPSA) is 89.6 Å². The van der Waals surface area contributed by atoms with Gasteiger partial charge in [0, 0.05) is 30.9 Å². The van der Waals surface area contributed by atoms with Crippen LogP contribution in [0.3, 0.4) is 0 Å². The maximum Gasteiger partial charge on any atom is 0.271 e. The molecule has 22 heavy (non-hydrogen) atoms. The molecule has 3 rings (SSSR count). The molecule has 0 amide bonds. The van der Waals surface area contributed by atoms with Gasteiger partial charge < -0.3 is 4.98 Å². The Morgan fingerprint density at radius 3 is 2.91 bits per heavy atom. The van der Waals surface area contributed by atoms with Gasteiger partial charge in [-0.15, -0.1) is 0 Å². The third kappa shape index (κ3) is 2.58. The fourth-order valence-corrected chi connectivity index (χ4v) is 2.40. The van der Waals surface area contributed by atoms with Crippen LogP contribution in [0.15, 0.2) is 24.4 Å². The fraction of sp³-hybridized carbons (Fsp3) is 0.143. The number of fused-ring (bicyclic) bond motifs is 1. The molecule has 0 unspecified atom stereocenters. The van der Waals surface area contributed by atoms with Crippen molar-refractivity contribution in [2.75, 3.05) is 0 Å². The summed E-state index contributed by atoms with van der Waals surface area (Å²) in [4.78, 5) is 17.7. The molecule has 2 aromatic heterocycles. The Kier molecular flexibility index (Phi) is 3.42. The van der Waals surface area contributed by atoms with Crippen LogP contribution in [0.4, 0.5) is 5.69 Å². The highest BCUT2D eigenvalue weighted by atomic mass is 35.5. The number of nitrogens with one attached hydrogen (secondary N) is 1. The molecule has 0 saturated heterocycles. The highest BCUT2D eigenvalue weighted by molar-refractivity contribution is 6.50. The Morgan fingerprint density at radius 2 is 2.27 bits per heavy atom. The highest BCUT2D eigenvalue weighted by Gasteiger charge is 2.12. The first-order valence-corrected chi connectivity index (χ1v) is 6.84. The molecule has 8 heteroatoms. The monoisotopic (exact) mass is 317 g/mol. The van der Waals surface area contributed by atoms with Crippen LogP contribution in [0, 0.1) is 17.0 Å². The number of halogens is 1. The fourth-order valence-electron chi connectivity index (χ4n) is 2.19. The molecule has 7 nitrogen and oxygen atoms in total. The number of aromatic amines is 1. The van der Waals surface area contributed by atoms with E-state index in [9.17, 15) is 10.1 Å². The summed E-state index contributed by atoms with van der Waals surface area (Å²) >= 11 is 6.29. The molecule has 0 bridgehead atoms. The summed E-state index contributed by atoms with van der Waals surface area (Å²) in [6.07, 6.45) is 3.61. The summed E-state index contributed by atoms with van der Waals surface area (Å²) in [5.74, 6) is 0.459. The van der Waals surface area contributed by atoms with Gasteiger partial charge in [-0.3, -0.25) is 14.8 Å². The number of hydrogen-bond acceptors (Lipinski definition) is 4. The lowest BCUT2D eigenvalue weighted by Gasteiger charge is -1.93. The van der Waals surface area contributed by atoms with Crippen LogP contribution in [0.5, 0.6) is 0 Å². The molecule has 2 heterocycles. The third-order valence-corrected chi connectivity index (χ3v) is 3.52.